The molecule has 7 nitrogen and oxygen atoms in total. The van der Waals surface area contributed by atoms with Crippen molar-refractivity contribution in [3.05, 3.63) is 89.6 Å². The lowest BCUT2D eigenvalue weighted by atomic mass is 9.93. The van der Waals surface area contributed by atoms with Gasteiger partial charge in [0.1, 0.15) is 29.9 Å². The molecule has 0 saturated carbocycles. The monoisotopic (exact) mass is 777 g/mol. The number of carbonyl (C=O) groups excluding carboxylic acids is 1. The van der Waals surface area contributed by atoms with Crippen LogP contribution in [-0.4, -0.2) is 34.7 Å². The quantitative estimate of drug-likeness (QED) is 0.235. The van der Waals surface area contributed by atoms with E-state index in [1.807, 2.05) is 0 Å². The molecular weight excluding hydrogens is 757 g/mol. The van der Waals surface area contributed by atoms with Crippen molar-refractivity contribution in [3.63, 3.8) is 0 Å². The number of carboxylic acids is 1. The minimum absolute atomic E-state index is 0.0285. The van der Waals surface area contributed by atoms with E-state index >= 15 is 0 Å². The molecule has 0 aromatic heterocycles. The van der Waals surface area contributed by atoms with Gasteiger partial charge in [-0.05, 0) is 98.3 Å². The predicted molar refractivity (Wildman–Crippen MR) is 155 cm³/mol. The predicted octanol–water partition coefficient (Wildman–Crippen LogP) is 6.27. The standard InChI is InChI=1S/C28H20F3I2NO6/c29-28(30,31)18-3-1-2-15(8-18)13-38-26-21(32)9-17-10-22(27(36)37)34(12-20(17)25(26)33)24(35)7-5-16-4-6-19-11-23(16)40-14-39-19/h1-9,11,22H,10,12-14H2,(H,36,37)/b7-5+/t22-/m0/s1. The molecule has 2 heterocycles. The molecule has 0 saturated heterocycles. The van der Waals surface area contributed by atoms with Crippen LogP contribution in [-0.2, 0) is 35.3 Å². The summed E-state index contributed by atoms with van der Waals surface area (Å²) in [6, 6.07) is 10.9. The summed E-state index contributed by atoms with van der Waals surface area (Å²) in [7, 11) is 0. The molecule has 2 aliphatic rings. The zero-order valence-electron chi connectivity index (χ0n) is 20.5. The van der Waals surface area contributed by atoms with Gasteiger partial charge in [-0.1, -0.05) is 12.1 Å². The van der Waals surface area contributed by atoms with E-state index < -0.39 is 29.7 Å². The molecule has 208 valence electrons. The van der Waals surface area contributed by atoms with Crippen LogP contribution in [0.4, 0.5) is 13.2 Å². The first kappa shape index (κ1) is 28.5. The Morgan fingerprint density at radius 2 is 1.93 bits per heavy atom. The normalized spacial score (nSPS) is 16.2. The highest BCUT2D eigenvalue weighted by Gasteiger charge is 2.36. The average molecular weight is 777 g/mol. The van der Waals surface area contributed by atoms with Gasteiger partial charge in [0.2, 0.25) is 12.7 Å². The Hall–Kier alpha value is -3.01. The molecule has 0 unspecified atom stereocenters. The molecule has 0 radical (unpaired) electrons. The summed E-state index contributed by atoms with van der Waals surface area (Å²) < 4.78 is 57.4. The Balaban J connectivity index is 1.39. The largest absolute Gasteiger partial charge is 0.487 e. The fraction of sp³-hybridized carbons (Fsp3) is 0.214. The third-order valence-electron chi connectivity index (χ3n) is 6.52. The van der Waals surface area contributed by atoms with Crippen LogP contribution >= 0.6 is 45.2 Å². The van der Waals surface area contributed by atoms with E-state index in [0.29, 0.717) is 35.5 Å². The van der Waals surface area contributed by atoms with Crippen LogP contribution in [0.3, 0.4) is 0 Å². The lowest BCUT2D eigenvalue weighted by molar-refractivity contribution is -0.149. The van der Waals surface area contributed by atoms with Crippen molar-refractivity contribution in [2.24, 2.45) is 0 Å². The highest BCUT2D eigenvalue weighted by Crippen LogP contribution is 2.38. The first-order chi connectivity index (χ1) is 19.0. The number of ether oxygens (including phenoxy) is 3. The zero-order valence-corrected chi connectivity index (χ0v) is 24.8. The molecule has 12 heteroatoms. The molecule has 0 fully saturated rings. The average Bonchev–Trinajstić information content (AvgIpc) is 2.91. The maximum absolute atomic E-state index is 13.2. The van der Waals surface area contributed by atoms with Crippen molar-refractivity contribution >= 4 is 63.1 Å². The summed E-state index contributed by atoms with van der Waals surface area (Å²) in [5.41, 5.74) is 1.76. The Morgan fingerprint density at radius 3 is 2.67 bits per heavy atom. The van der Waals surface area contributed by atoms with Crippen LogP contribution in [0.5, 0.6) is 17.2 Å². The molecular formula is C28H20F3I2NO6. The SMILES string of the molecule is O=C(O)[C@@H]1Cc2cc(I)c(OCc3cccc(C(F)(F)F)c3)c(I)c2CN1C(=O)/C=C/c1ccc2cc1OCO2. The van der Waals surface area contributed by atoms with Crippen molar-refractivity contribution in [3.8, 4) is 17.2 Å². The summed E-state index contributed by atoms with van der Waals surface area (Å²) in [5, 5.41) is 9.91. The lowest BCUT2D eigenvalue weighted by Gasteiger charge is -2.35. The number of benzene rings is 3. The molecule has 2 aliphatic heterocycles. The Morgan fingerprint density at radius 1 is 1.12 bits per heavy atom. The second kappa shape index (κ2) is 11.5. The number of carbonyl (C=O) groups is 2. The molecule has 1 amide bonds. The van der Waals surface area contributed by atoms with Crippen molar-refractivity contribution in [1.29, 1.82) is 0 Å². The number of fused-ring (bicyclic) bond motifs is 3. The summed E-state index contributed by atoms with van der Waals surface area (Å²) in [6.07, 6.45) is -1.47. The Kier molecular flexibility index (Phi) is 8.17. The first-order valence-corrected chi connectivity index (χ1v) is 14.1. The maximum atomic E-state index is 13.2. The van der Waals surface area contributed by atoms with Crippen molar-refractivity contribution in [2.45, 2.75) is 31.8 Å². The van der Waals surface area contributed by atoms with E-state index in [2.05, 4.69) is 45.2 Å². The number of alkyl halides is 3. The molecule has 1 atom stereocenters. The van der Waals surface area contributed by atoms with Gasteiger partial charge in [0.05, 0.1) is 12.7 Å². The van der Waals surface area contributed by atoms with Crippen molar-refractivity contribution in [1.82, 2.24) is 4.90 Å². The molecule has 0 spiro atoms. The number of aliphatic carboxylic acids is 1. The zero-order chi connectivity index (χ0) is 28.6. The molecule has 0 aliphatic carbocycles. The lowest BCUT2D eigenvalue weighted by Crippen LogP contribution is -2.48. The summed E-state index contributed by atoms with van der Waals surface area (Å²) in [5.74, 6) is 0.0638. The number of amides is 1. The summed E-state index contributed by atoms with van der Waals surface area (Å²) >= 11 is 4.14. The molecule has 5 rings (SSSR count). The second-order valence-electron chi connectivity index (χ2n) is 9.09. The number of halogens is 5. The molecule has 2 bridgehead atoms. The summed E-state index contributed by atoms with van der Waals surface area (Å²) in [6.45, 7) is 0.00297. The van der Waals surface area contributed by atoms with Gasteiger partial charge >= 0.3 is 12.1 Å². The number of hydrogen-bond donors (Lipinski definition) is 1. The van der Waals surface area contributed by atoms with Crippen LogP contribution in [0.2, 0.25) is 0 Å². The fourth-order valence-electron chi connectivity index (χ4n) is 4.50. The van der Waals surface area contributed by atoms with E-state index in [-0.39, 0.29) is 26.4 Å². The summed E-state index contributed by atoms with van der Waals surface area (Å²) in [4.78, 5) is 26.7. The highest BCUT2D eigenvalue weighted by molar-refractivity contribution is 14.1. The van der Waals surface area contributed by atoms with E-state index in [4.69, 9.17) is 14.2 Å². The van der Waals surface area contributed by atoms with Crippen LogP contribution in [0.15, 0.2) is 54.6 Å². The fourth-order valence-corrected chi connectivity index (χ4v) is 6.78. The second-order valence-corrected chi connectivity index (χ2v) is 11.3. The van der Waals surface area contributed by atoms with Gasteiger partial charge in [0, 0.05) is 30.7 Å². The van der Waals surface area contributed by atoms with E-state index in [1.54, 1.807) is 36.4 Å². The maximum Gasteiger partial charge on any atom is 0.416 e. The van der Waals surface area contributed by atoms with Gasteiger partial charge in [-0.2, -0.15) is 13.2 Å². The topological polar surface area (TPSA) is 85.3 Å². The van der Waals surface area contributed by atoms with Gasteiger partial charge in [-0.25, -0.2) is 4.79 Å². The van der Waals surface area contributed by atoms with E-state index in [1.165, 1.54) is 17.0 Å². The highest BCUT2D eigenvalue weighted by atomic mass is 127. The third-order valence-corrected chi connectivity index (χ3v) is 8.47. The molecule has 3 aromatic carbocycles. The minimum Gasteiger partial charge on any atom is -0.487 e. The van der Waals surface area contributed by atoms with Gasteiger partial charge in [-0.3, -0.25) is 4.79 Å². The van der Waals surface area contributed by atoms with Crippen LogP contribution in [0, 0.1) is 7.14 Å². The van der Waals surface area contributed by atoms with Crippen LogP contribution < -0.4 is 14.2 Å². The van der Waals surface area contributed by atoms with Crippen LogP contribution in [0.1, 0.15) is 27.8 Å². The molecule has 40 heavy (non-hydrogen) atoms. The number of carboxylic acid groups (broad SMARTS) is 1. The number of rotatable bonds is 6. The Bertz CT molecular complexity index is 1520. The van der Waals surface area contributed by atoms with Gasteiger partial charge in [-0.15, -0.1) is 0 Å². The first-order valence-electron chi connectivity index (χ1n) is 11.9. The van der Waals surface area contributed by atoms with Crippen molar-refractivity contribution < 1.29 is 42.1 Å². The van der Waals surface area contributed by atoms with Gasteiger partial charge in [0.15, 0.2) is 0 Å². The van der Waals surface area contributed by atoms with Gasteiger partial charge < -0.3 is 24.2 Å². The van der Waals surface area contributed by atoms with Crippen LogP contribution in [0.25, 0.3) is 6.08 Å². The van der Waals surface area contributed by atoms with Gasteiger partial charge in [0.25, 0.3) is 0 Å². The van der Waals surface area contributed by atoms with Crippen molar-refractivity contribution in [2.75, 3.05) is 6.79 Å². The van der Waals surface area contributed by atoms with E-state index in [9.17, 15) is 27.9 Å². The smallest absolute Gasteiger partial charge is 0.416 e. The third kappa shape index (κ3) is 6.01. The Labute approximate surface area is 254 Å². The number of nitrogens with zero attached hydrogens (tertiary/aromatic N) is 1. The van der Waals surface area contributed by atoms with E-state index in [0.717, 1.165) is 23.3 Å². The minimum atomic E-state index is -4.46. The number of hydrogen-bond acceptors (Lipinski definition) is 5. The molecule has 3 aromatic rings. The molecule has 1 N–H and O–H groups in total.